The van der Waals surface area contributed by atoms with Crippen LogP contribution in [0.4, 0.5) is 0 Å². The van der Waals surface area contributed by atoms with E-state index in [0.717, 1.165) is 25.7 Å². The highest BCUT2D eigenvalue weighted by molar-refractivity contribution is 5.77. The lowest BCUT2D eigenvalue weighted by Crippen LogP contribution is -2.44. The van der Waals surface area contributed by atoms with E-state index < -0.39 is 11.5 Å². The first kappa shape index (κ1) is 12.2. The van der Waals surface area contributed by atoms with Gasteiger partial charge in [0.25, 0.3) is 0 Å². The molecule has 0 amide bonds. The van der Waals surface area contributed by atoms with Crippen LogP contribution < -0.4 is 5.73 Å². The molecule has 3 heteroatoms. The lowest BCUT2D eigenvalue weighted by atomic mass is 9.95. The van der Waals surface area contributed by atoms with Crippen LogP contribution in [0.1, 0.15) is 39.0 Å². The predicted octanol–water partition coefficient (Wildman–Crippen LogP) is 1.92. The van der Waals surface area contributed by atoms with Crippen molar-refractivity contribution in [2.75, 3.05) is 0 Å². The molecule has 76 valence electrons. The topological polar surface area (TPSA) is 63.3 Å². The number of allylic oxidation sites excluding steroid dienone is 1. The Kier molecular flexibility index (Phi) is 5.39. The highest BCUT2D eigenvalue weighted by Gasteiger charge is 2.26. The number of carboxylic acids is 1. The van der Waals surface area contributed by atoms with Crippen LogP contribution in [0.15, 0.2) is 12.7 Å². The Labute approximate surface area is 79.6 Å². The van der Waals surface area contributed by atoms with Gasteiger partial charge in [-0.25, -0.2) is 0 Å². The van der Waals surface area contributed by atoms with Gasteiger partial charge in [0.15, 0.2) is 0 Å². The minimum absolute atomic E-state index is 0.541. The third kappa shape index (κ3) is 5.42. The van der Waals surface area contributed by atoms with Crippen molar-refractivity contribution < 1.29 is 9.90 Å². The van der Waals surface area contributed by atoms with Crippen LogP contribution >= 0.6 is 0 Å². The van der Waals surface area contributed by atoms with Crippen molar-refractivity contribution in [1.82, 2.24) is 0 Å². The molecular weight excluding hydrogens is 166 g/mol. The van der Waals surface area contributed by atoms with Gasteiger partial charge in [0.1, 0.15) is 5.54 Å². The van der Waals surface area contributed by atoms with Gasteiger partial charge in [0.2, 0.25) is 0 Å². The molecule has 0 aliphatic rings. The molecule has 0 aromatic rings. The fourth-order valence-electron chi connectivity index (χ4n) is 1.06. The first-order chi connectivity index (χ1) is 6.00. The van der Waals surface area contributed by atoms with Gasteiger partial charge < -0.3 is 10.8 Å². The number of unbranched alkanes of at least 4 members (excludes halogenated alkanes) is 3. The average molecular weight is 185 g/mol. The van der Waals surface area contributed by atoms with Crippen LogP contribution in [0, 0.1) is 0 Å². The molecule has 0 heterocycles. The number of carbonyl (C=O) groups is 1. The molecule has 0 aliphatic carbocycles. The van der Waals surface area contributed by atoms with E-state index in [9.17, 15) is 4.79 Å². The number of rotatable bonds is 7. The minimum Gasteiger partial charge on any atom is -0.480 e. The second-order valence-corrected chi connectivity index (χ2v) is 3.61. The van der Waals surface area contributed by atoms with Gasteiger partial charge in [0, 0.05) is 0 Å². The first-order valence-electron chi connectivity index (χ1n) is 4.64. The number of aliphatic carboxylic acids is 1. The van der Waals surface area contributed by atoms with Crippen molar-refractivity contribution >= 4 is 5.97 Å². The third-order valence-corrected chi connectivity index (χ3v) is 2.09. The van der Waals surface area contributed by atoms with Crippen LogP contribution in [-0.4, -0.2) is 16.6 Å². The van der Waals surface area contributed by atoms with E-state index >= 15 is 0 Å². The number of carboxylic acid groups (broad SMARTS) is 1. The molecule has 0 rings (SSSR count). The van der Waals surface area contributed by atoms with Crippen LogP contribution in [0.25, 0.3) is 0 Å². The predicted molar refractivity (Wildman–Crippen MR) is 53.5 cm³/mol. The molecule has 1 atom stereocenters. The largest absolute Gasteiger partial charge is 0.480 e. The van der Waals surface area contributed by atoms with Crippen molar-refractivity contribution in [1.29, 1.82) is 0 Å². The number of hydrogen-bond acceptors (Lipinski definition) is 2. The molecule has 0 saturated carbocycles. The normalized spacial score (nSPS) is 14.9. The highest BCUT2D eigenvalue weighted by atomic mass is 16.4. The third-order valence-electron chi connectivity index (χ3n) is 2.09. The summed E-state index contributed by atoms with van der Waals surface area (Å²) in [4.78, 5) is 10.6. The summed E-state index contributed by atoms with van der Waals surface area (Å²) in [6.07, 6.45) is 6.37. The van der Waals surface area contributed by atoms with E-state index in [1.165, 1.54) is 0 Å². The summed E-state index contributed by atoms with van der Waals surface area (Å²) in [5.74, 6) is -0.920. The van der Waals surface area contributed by atoms with Gasteiger partial charge in [-0.3, -0.25) is 4.79 Å². The Hall–Kier alpha value is -0.830. The van der Waals surface area contributed by atoms with E-state index in [0.29, 0.717) is 6.42 Å². The van der Waals surface area contributed by atoms with Crippen molar-refractivity contribution in [2.24, 2.45) is 5.73 Å². The Morgan fingerprint density at radius 1 is 1.54 bits per heavy atom. The van der Waals surface area contributed by atoms with Crippen molar-refractivity contribution in [2.45, 2.75) is 44.6 Å². The molecule has 0 aromatic carbocycles. The van der Waals surface area contributed by atoms with E-state index in [2.05, 4.69) is 6.58 Å². The van der Waals surface area contributed by atoms with Gasteiger partial charge in [-0.1, -0.05) is 18.9 Å². The molecular formula is C10H19NO2. The van der Waals surface area contributed by atoms with E-state index in [-0.39, 0.29) is 0 Å². The van der Waals surface area contributed by atoms with Gasteiger partial charge in [-0.05, 0) is 26.2 Å². The molecule has 0 aliphatic heterocycles. The van der Waals surface area contributed by atoms with Gasteiger partial charge in [-0.2, -0.15) is 0 Å². The van der Waals surface area contributed by atoms with Crippen LogP contribution in [0.2, 0.25) is 0 Å². The SMILES string of the molecule is C=CCCCCC[C@@](C)(N)C(=O)O. The van der Waals surface area contributed by atoms with Crippen LogP contribution in [0.5, 0.6) is 0 Å². The zero-order valence-electron chi connectivity index (χ0n) is 8.25. The average Bonchev–Trinajstić information content (AvgIpc) is 2.03. The van der Waals surface area contributed by atoms with E-state index in [4.69, 9.17) is 10.8 Å². The van der Waals surface area contributed by atoms with Crippen LogP contribution in [-0.2, 0) is 4.79 Å². The number of hydrogen-bond donors (Lipinski definition) is 2. The summed E-state index contributed by atoms with van der Waals surface area (Å²) in [6, 6.07) is 0. The molecule has 0 aromatic heterocycles. The Morgan fingerprint density at radius 3 is 2.62 bits per heavy atom. The maximum absolute atomic E-state index is 10.6. The van der Waals surface area contributed by atoms with Gasteiger partial charge >= 0.3 is 5.97 Å². The molecule has 13 heavy (non-hydrogen) atoms. The summed E-state index contributed by atoms with van der Waals surface area (Å²) in [6.45, 7) is 5.17. The Morgan fingerprint density at radius 2 is 2.15 bits per heavy atom. The zero-order chi connectivity index (χ0) is 10.3. The van der Waals surface area contributed by atoms with E-state index in [1.807, 2.05) is 6.08 Å². The number of nitrogens with two attached hydrogens (primary N) is 1. The second kappa shape index (κ2) is 5.75. The standard InChI is InChI=1S/C10H19NO2/c1-3-4-5-6-7-8-10(2,11)9(12)13/h3H,1,4-8,11H2,2H3,(H,12,13)/t10-/m1/s1. The van der Waals surface area contributed by atoms with E-state index in [1.54, 1.807) is 6.92 Å². The zero-order valence-corrected chi connectivity index (χ0v) is 8.25. The molecule has 0 bridgehead atoms. The quantitative estimate of drug-likeness (QED) is 0.470. The summed E-state index contributed by atoms with van der Waals surface area (Å²) >= 11 is 0. The fourth-order valence-corrected chi connectivity index (χ4v) is 1.06. The summed E-state index contributed by atoms with van der Waals surface area (Å²) in [5, 5.41) is 8.70. The maximum atomic E-state index is 10.6. The first-order valence-corrected chi connectivity index (χ1v) is 4.64. The molecule has 0 fully saturated rings. The fraction of sp³-hybridized carbons (Fsp3) is 0.700. The van der Waals surface area contributed by atoms with Crippen molar-refractivity contribution in [3.8, 4) is 0 Å². The molecule has 0 spiro atoms. The van der Waals surface area contributed by atoms with Crippen molar-refractivity contribution in [3.63, 3.8) is 0 Å². The molecule has 0 unspecified atom stereocenters. The van der Waals surface area contributed by atoms with Crippen molar-refractivity contribution in [3.05, 3.63) is 12.7 Å². The summed E-state index contributed by atoms with van der Waals surface area (Å²) in [7, 11) is 0. The Balaban J connectivity index is 3.52. The Bertz CT molecular complexity index is 176. The summed E-state index contributed by atoms with van der Waals surface area (Å²) < 4.78 is 0. The molecule has 3 N–H and O–H groups in total. The highest BCUT2D eigenvalue weighted by Crippen LogP contribution is 2.12. The maximum Gasteiger partial charge on any atom is 0.323 e. The lowest BCUT2D eigenvalue weighted by Gasteiger charge is -2.18. The molecule has 3 nitrogen and oxygen atoms in total. The minimum atomic E-state index is -1.06. The van der Waals surface area contributed by atoms with Gasteiger partial charge in [0.05, 0.1) is 0 Å². The second-order valence-electron chi connectivity index (χ2n) is 3.61. The smallest absolute Gasteiger partial charge is 0.323 e. The van der Waals surface area contributed by atoms with Gasteiger partial charge in [-0.15, -0.1) is 6.58 Å². The van der Waals surface area contributed by atoms with Crippen LogP contribution in [0.3, 0.4) is 0 Å². The monoisotopic (exact) mass is 185 g/mol. The molecule has 0 radical (unpaired) electrons. The molecule has 0 saturated heterocycles. The summed E-state index contributed by atoms with van der Waals surface area (Å²) in [5.41, 5.74) is 4.49. The lowest BCUT2D eigenvalue weighted by molar-refractivity contribution is -0.142.